The van der Waals surface area contributed by atoms with E-state index in [9.17, 15) is 21.6 Å². The molecular weight excluding hydrogens is 440 g/mol. The van der Waals surface area contributed by atoms with E-state index in [0.717, 1.165) is 19.1 Å². The van der Waals surface area contributed by atoms with E-state index in [1.807, 2.05) is 0 Å². The van der Waals surface area contributed by atoms with Crippen LogP contribution in [-0.2, 0) is 19.9 Å². The number of rotatable bonds is 7. The lowest BCUT2D eigenvalue weighted by molar-refractivity contribution is 0.0789. The van der Waals surface area contributed by atoms with Gasteiger partial charge in [-0.3, -0.25) is 4.79 Å². The van der Waals surface area contributed by atoms with Crippen LogP contribution in [0.2, 0.25) is 0 Å². The maximum absolute atomic E-state index is 13.0. The summed E-state index contributed by atoms with van der Waals surface area (Å²) >= 11 is 0. The number of sulfone groups is 1. The predicted molar refractivity (Wildman–Crippen MR) is 116 cm³/mol. The van der Waals surface area contributed by atoms with Crippen molar-refractivity contribution in [3.05, 3.63) is 53.6 Å². The Bertz CT molecular complexity index is 1170. The summed E-state index contributed by atoms with van der Waals surface area (Å²) in [6.07, 6.45) is 2.95. The average Bonchev–Trinajstić information content (AvgIpc) is 3.26. The van der Waals surface area contributed by atoms with Crippen LogP contribution in [0.3, 0.4) is 0 Å². The Morgan fingerprint density at radius 1 is 1.00 bits per heavy atom. The number of carbonyl (C=O) groups excluding carboxylic acids is 1. The van der Waals surface area contributed by atoms with Crippen LogP contribution >= 0.6 is 0 Å². The molecule has 10 heteroatoms. The molecule has 0 spiro atoms. The summed E-state index contributed by atoms with van der Waals surface area (Å²) in [6.45, 7) is 2.93. The summed E-state index contributed by atoms with van der Waals surface area (Å²) in [5.41, 5.74) is 0.815. The zero-order valence-corrected chi connectivity index (χ0v) is 19.3. The van der Waals surface area contributed by atoms with Gasteiger partial charge in [0.05, 0.1) is 22.5 Å². The minimum Gasteiger partial charge on any atom is -0.496 e. The number of benzene rings is 2. The maximum atomic E-state index is 13.0. The highest BCUT2D eigenvalue weighted by molar-refractivity contribution is 7.90. The van der Waals surface area contributed by atoms with E-state index in [0.29, 0.717) is 24.4 Å². The lowest BCUT2D eigenvalue weighted by Crippen LogP contribution is -2.29. The molecule has 1 aliphatic heterocycles. The van der Waals surface area contributed by atoms with E-state index in [4.69, 9.17) is 4.74 Å². The van der Waals surface area contributed by atoms with Gasteiger partial charge in [-0.1, -0.05) is 12.1 Å². The van der Waals surface area contributed by atoms with E-state index in [2.05, 4.69) is 4.72 Å². The van der Waals surface area contributed by atoms with Gasteiger partial charge in [0.25, 0.3) is 5.91 Å². The van der Waals surface area contributed by atoms with Gasteiger partial charge in [0.15, 0.2) is 9.84 Å². The molecule has 0 unspecified atom stereocenters. The fraction of sp³-hybridized carbons (Fsp3) is 0.381. The molecule has 0 bridgehead atoms. The van der Waals surface area contributed by atoms with E-state index >= 15 is 0 Å². The van der Waals surface area contributed by atoms with Crippen LogP contribution in [0, 0.1) is 0 Å². The number of hydrogen-bond donors (Lipinski definition) is 1. The highest BCUT2D eigenvalue weighted by Gasteiger charge is 2.26. The molecule has 0 aromatic heterocycles. The Kier molecular flexibility index (Phi) is 6.73. The van der Waals surface area contributed by atoms with E-state index in [-0.39, 0.29) is 21.3 Å². The standard InChI is InChI=1S/C21H26N2O6S2/c1-15(16-6-8-17(9-7-16)30(3,25)26)22-31(27,28)18-10-11-20(29-2)19(14-18)21(24)23-12-4-5-13-23/h6-11,14-15,22H,4-5,12-13H2,1-3H3/t15-/m1/s1. The first-order valence-electron chi connectivity index (χ1n) is 9.82. The molecule has 1 fully saturated rings. The maximum Gasteiger partial charge on any atom is 0.257 e. The minimum absolute atomic E-state index is 0.0459. The van der Waals surface area contributed by atoms with E-state index in [1.54, 1.807) is 24.0 Å². The predicted octanol–water partition coefficient (Wildman–Crippen LogP) is 2.37. The zero-order chi connectivity index (χ0) is 22.8. The minimum atomic E-state index is -3.95. The largest absolute Gasteiger partial charge is 0.496 e. The van der Waals surface area contributed by atoms with Gasteiger partial charge in [0, 0.05) is 25.4 Å². The van der Waals surface area contributed by atoms with Crippen LogP contribution in [0.25, 0.3) is 0 Å². The monoisotopic (exact) mass is 466 g/mol. The third kappa shape index (κ3) is 5.25. The van der Waals surface area contributed by atoms with Gasteiger partial charge in [-0.25, -0.2) is 21.6 Å². The van der Waals surface area contributed by atoms with Crippen molar-refractivity contribution in [1.82, 2.24) is 9.62 Å². The number of amides is 1. The first kappa shape index (κ1) is 23.2. The van der Waals surface area contributed by atoms with Crippen molar-refractivity contribution in [1.29, 1.82) is 0 Å². The molecule has 8 nitrogen and oxygen atoms in total. The van der Waals surface area contributed by atoms with Gasteiger partial charge in [-0.05, 0) is 55.7 Å². The van der Waals surface area contributed by atoms with Gasteiger partial charge in [-0.2, -0.15) is 0 Å². The number of likely N-dealkylation sites (tertiary alicyclic amines) is 1. The molecule has 3 rings (SSSR count). The first-order chi connectivity index (χ1) is 14.5. The second-order valence-electron chi connectivity index (χ2n) is 7.55. The first-order valence-corrected chi connectivity index (χ1v) is 13.2. The molecule has 168 valence electrons. The Labute approximate surface area is 183 Å². The third-order valence-electron chi connectivity index (χ3n) is 5.25. The summed E-state index contributed by atoms with van der Waals surface area (Å²) in [5.74, 6) is 0.0658. The number of ether oxygens (including phenoxy) is 1. The van der Waals surface area contributed by atoms with Gasteiger partial charge in [-0.15, -0.1) is 0 Å². The molecule has 0 aliphatic carbocycles. The lowest BCUT2D eigenvalue weighted by Gasteiger charge is -2.19. The van der Waals surface area contributed by atoms with Crippen molar-refractivity contribution >= 4 is 25.8 Å². The average molecular weight is 467 g/mol. The van der Waals surface area contributed by atoms with Crippen LogP contribution in [0.5, 0.6) is 5.75 Å². The van der Waals surface area contributed by atoms with Crippen LogP contribution in [0.15, 0.2) is 52.3 Å². The topological polar surface area (TPSA) is 110 Å². The Balaban J connectivity index is 1.85. The number of sulfonamides is 1. The fourth-order valence-corrected chi connectivity index (χ4v) is 5.37. The van der Waals surface area contributed by atoms with Gasteiger partial charge >= 0.3 is 0 Å². The summed E-state index contributed by atoms with van der Waals surface area (Å²) < 4.78 is 57.0. The van der Waals surface area contributed by atoms with Crippen molar-refractivity contribution in [3.63, 3.8) is 0 Å². The van der Waals surface area contributed by atoms with Crippen LogP contribution in [0.4, 0.5) is 0 Å². The van der Waals surface area contributed by atoms with Crippen molar-refractivity contribution in [2.75, 3.05) is 26.5 Å². The molecule has 0 radical (unpaired) electrons. The fourth-order valence-electron chi connectivity index (χ4n) is 3.48. The number of nitrogens with zero attached hydrogens (tertiary/aromatic N) is 1. The number of hydrogen-bond acceptors (Lipinski definition) is 6. The molecule has 2 aromatic rings. The lowest BCUT2D eigenvalue weighted by atomic mass is 10.1. The highest BCUT2D eigenvalue weighted by Crippen LogP contribution is 2.26. The second-order valence-corrected chi connectivity index (χ2v) is 11.3. The smallest absolute Gasteiger partial charge is 0.257 e. The molecule has 1 heterocycles. The second kappa shape index (κ2) is 8.97. The molecule has 1 amide bonds. The van der Waals surface area contributed by atoms with Crippen LogP contribution < -0.4 is 9.46 Å². The van der Waals surface area contributed by atoms with Crippen molar-refractivity contribution < 1.29 is 26.4 Å². The molecule has 2 aromatic carbocycles. The molecule has 0 saturated carbocycles. The zero-order valence-electron chi connectivity index (χ0n) is 17.7. The van der Waals surface area contributed by atoms with E-state index < -0.39 is 25.9 Å². The Hall–Kier alpha value is -2.43. The summed E-state index contributed by atoms with van der Waals surface area (Å²) in [4.78, 5) is 14.6. The Morgan fingerprint density at radius 2 is 1.58 bits per heavy atom. The molecule has 1 N–H and O–H groups in total. The van der Waals surface area contributed by atoms with Crippen LogP contribution in [0.1, 0.15) is 41.7 Å². The molecular formula is C21H26N2O6S2. The summed E-state index contributed by atoms with van der Waals surface area (Å²) in [5, 5.41) is 0. The Morgan fingerprint density at radius 3 is 2.13 bits per heavy atom. The molecule has 31 heavy (non-hydrogen) atoms. The van der Waals surface area contributed by atoms with Crippen molar-refractivity contribution in [2.45, 2.75) is 35.6 Å². The quantitative estimate of drug-likeness (QED) is 0.671. The van der Waals surface area contributed by atoms with Crippen LogP contribution in [-0.4, -0.2) is 54.1 Å². The molecule has 1 aliphatic rings. The van der Waals surface area contributed by atoms with Gasteiger partial charge in [0.1, 0.15) is 5.75 Å². The molecule has 1 atom stereocenters. The number of nitrogens with one attached hydrogen (secondary N) is 1. The van der Waals surface area contributed by atoms with Crippen molar-refractivity contribution in [2.24, 2.45) is 0 Å². The van der Waals surface area contributed by atoms with Gasteiger partial charge < -0.3 is 9.64 Å². The van der Waals surface area contributed by atoms with Gasteiger partial charge in [0.2, 0.25) is 10.0 Å². The van der Waals surface area contributed by atoms with E-state index in [1.165, 1.54) is 37.4 Å². The summed E-state index contributed by atoms with van der Waals surface area (Å²) in [7, 11) is -5.85. The normalized spacial score (nSPS) is 15.6. The number of carbonyl (C=O) groups is 1. The molecule has 1 saturated heterocycles. The highest BCUT2D eigenvalue weighted by atomic mass is 32.2. The summed E-state index contributed by atoms with van der Waals surface area (Å²) in [6, 6.07) is 9.61. The SMILES string of the molecule is COc1ccc(S(=O)(=O)N[C@H](C)c2ccc(S(C)(=O)=O)cc2)cc1C(=O)N1CCCC1. The van der Waals surface area contributed by atoms with Crippen molar-refractivity contribution in [3.8, 4) is 5.75 Å². The third-order valence-corrected chi connectivity index (χ3v) is 7.91. The number of methoxy groups -OCH3 is 1.